The van der Waals surface area contributed by atoms with Gasteiger partial charge in [-0.15, -0.1) is 0 Å². The summed E-state index contributed by atoms with van der Waals surface area (Å²) in [6.07, 6.45) is -4.43. The lowest BCUT2D eigenvalue weighted by atomic mass is 9.89. The van der Waals surface area contributed by atoms with Gasteiger partial charge in [0.25, 0.3) is 5.69 Å². The number of ether oxygens (including phenoxy) is 2. The van der Waals surface area contributed by atoms with E-state index in [2.05, 4.69) is 5.10 Å². The second kappa shape index (κ2) is 9.54. The van der Waals surface area contributed by atoms with E-state index in [1.807, 2.05) is 20.8 Å². The minimum absolute atomic E-state index is 0.0898. The first kappa shape index (κ1) is 24.7. The van der Waals surface area contributed by atoms with Crippen LogP contribution in [0.5, 0.6) is 5.75 Å². The van der Waals surface area contributed by atoms with Gasteiger partial charge in [0.15, 0.2) is 0 Å². The fourth-order valence-corrected chi connectivity index (χ4v) is 2.98. The van der Waals surface area contributed by atoms with E-state index in [1.165, 1.54) is 41.1 Å². The van der Waals surface area contributed by atoms with Crippen molar-refractivity contribution in [2.45, 2.75) is 39.6 Å². The second-order valence-corrected chi connectivity index (χ2v) is 8.57. The SMILES string of the molecule is CC(C)(C)[C@H](Cn1ccc(-c2ccc(C(F)(F)F)cc2)n1)OC(=O)Oc1ccc([N+](=O)[O-])cc1. The van der Waals surface area contributed by atoms with Crippen molar-refractivity contribution in [3.63, 3.8) is 0 Å². The average molecular weight is 477 g/mol. The minimum Gasteiger partial charge on any atom is -0.428 e. The molecule has 8 nitrogen and oxygen atoms in total. The van der Waals surface area contributed by atoms with Gasteiger partial charge in [0.1, 0.15) is 11.9 Å². The van der Waals surface area contributed by atoms with E-state index in [0.717, 1.165) is 12.1 Å². The Bertz CT molecular complexity index is 1150. The van der Waals surface area contributed by atoms with Crippen LogP contribution in [0.2, 0.25) is 0 Å². The summed E-state index contributed by atoms with van der Waals surface area (Å²) in [7, 11) is 0. The number of carbonyl (C=O) groups is 1. The zero-order valence-corrected chi connectivity index (χ0v) is 18.6. The summed E-state index contributed by atoms with van der Waals surface area (Å²) in [6.45, 7) is 5.74. The average Bonchev–Trinajstić information content (AvgIpc) is 3.21. The van der Waals surface area contributed by atoms with Gasteiger partial charge in [-0.05, 0) is 30.3 Å². The van der Waals surface area contributed by atoms with Crippen LogP contribution in [0, 0.1) is 15.5 Å². The number of nitro groups is 1. The highest BCUT2D eigenvalue weighted by atomic mass is 19.4. The maximum absolute atomic E-state index is 12.8. The van der Waals surface area contributed by atoms with Crippen LogP contribution in [0.1, 0.15) is 26.3 Å². The molecule has 2 aromatic carbocycles. The third kappa shape index (κ3) is 6.33. The van der Waals surface area contributed by atoms with Crippen molar-refractivity contribution in [3.8, 4) is 17.0 Å². The maximum atomic E-state index is 12.8. The van der Waals surface area contributed by atoms with Crippen LogP contribution in [0.15, 0.2) is 60.8 Å². The number of alkyl halides is 3. The topological polar surface area (TPSA) is 96.5 Å². The third-order valence-corrected chi connectivity index (χ3v) is 4.95. The lowest BCUT2D eigenvalue weighted by Crippen LogP contribution is -2.36. The van der Waals surface area contributed by atoms with Gasteiger partial charge >= 0.3 is 12.3 Å². The zero-order chi connectivity index (χ0) is 25.1. The van der Waals surface area contributed by atoms with E-state index >= 15 is 0 Å². The number of hydrogen-bond donors (Lipinski definition) is 0. The molecule has 180 valence electrons. The van der Waals surface area contributed by atoms with Gasteiger partial charge in [-0.25, -0.2) is 4.79 Å². The number of aromatic nitrogens is 2. The highest BCUT2D eigenvalue weighted by molar-refractivity contribution is 5.64. The zero-order valence-electron chi connectivity index (χ0n) is 18.6. The lowest BCUT2D eigenvalue weighted by Gasteiger charge is -2.29. The van der Waals surface area contributed by atoms with Crippen LogP contribution in [-0.4, -0.2) is 27.0 Å². The molecular weight excluding hydrogens is 455 g/mol. The number of rotatable bonds is 6. The molecular formula is C23H22F3N3O5. The summed E-state index contributed by atoms with van der Waals surface area (Å²) in [5.41, 5.74) is -0.416. The number of non-ortho nitro benzene ring substituents is 1. The molecule has 0 saturated heterocycles. The number of hydrogen-bond acceptors (Lipinski definition) is 6. The number of benzene rings is 2. The Morgan fingerprint density at radius 3 is 2.21 bits per heavy atom. The molecule has 0 radical (unpaired) electrons. The van der Waals surface area contributed by atoms with Crippen molar-refractivity contribution in [3.05, 3.63) is 76.5 Å². The van der Waals surface area contributed by atoms with Gasteiger partial charge in [-0.2, -0.15) is 18.3 Å². The molecule has 0 N–H and O–H groups in total. The van der Waals surface area contributed by atoms with Crippen molar-refractivity contribution < 1.29 is 32.4 Å². The van der Waals surface area contributed by atoms with Crippen molar-refractivity contribution >= 4 is 11.8 Å². The van der Waals surface area contributed by atoms with E-state index in [0.29, 0.717) is 11.3 Å². The molecule has 0 aliphatic carbocycles. The summed E-state index contributed by atoms with van der Waals surface area (Å²) in [5.74, 6) is 0.0898. The van der Waals surface area contributed by atoms with E-state index in [4.69, 9.17) is 9.47 Å². The van der Waals surface area contributed by atoms with Gasteiger partial charge in [-0.3, -0.25) is 14.8 Å². The predicted molar refractivity (Wildman–Crippen MR) is 116 cm³/mol. The molecule has 11 heteroatoms. The Kier molecular flexibility index (Phi) is 6.94. The Hall–Kier alpha value is -3.89. The Morgan fingerprint density at radius 1 is 1.06 bits per heavy atom. The highest BCUT2D eigenvalue weighted by Crippen LogP contribution is 2.31. The van der Waals surface area contributed by atoms with E-state index < -0.39 is 34.3 Å². The highest BCUT2D eigenvalue weighted by Gasteiger charge is 2.31. The first-order valence-electron chi connectivity index (χ1n) is 10.2. The molecule has 0 unspecified atom stereocenters. The Morgan fingerprint density at radius 2 is 1.68 bits per heavy atom. The summed E-state index contributed by atoms with van der Waals surface area (Å²) >= 11 is 0. The largest absolute Gasteiger partial charge is 0.514 e. The first-order valence-corrected chi connectivity index (χ1v) is 10.2. The summed E-state index contributed by atoms with van der Waals surface area (Å²) in [6, 6.07) is 11.3. The van der Waals surface area contributed by atoms with Gasteiger partial charge in [-0.1, -0.05) is 32.9 Å². The first-order chi connectivity index (χ1) is 15.8. The van der Waals surface area contributed by atoms with E-state index in [-0.39, 0.29) is 18.0 Å². The molecule has 0 spiro atoms. The summed E-state index contributed by atoms with van der Waals surface area (Å²) in [4.78, 5) is 22.5. The van der Waals surface area contributed by atoms with Gasteiger partial charge < -0.3 is 9.47 Å². The molecule has 3 rings (SSSR count). The number of carbonyl (C=O) groups excluding carboxylic acids is 1. The molecule has 0 aliphatic rings. The van der Waals surface area contributed by atoms with E-state index in [9.17, 15) is 28.1 Å². The molecule has 1 atom stereocenters. The lowest BCUT2D eigenvalue weighted by molar-refractivity contribution is -0.384. The normalized spacial score (nSPS) is 12.8. The number of nitro benzene ring substituents is 1. The van der Waals surface area contributed by atoms with Crippen LogP contribution < -0.4 is 4.74 Å². The monoisotopic (exact) mass is 477 g/mol. The molecule has 0 saturated carbocycles. The fourth-order valence-electron chi connectivity index (χ4n) is 2.98. The fraction of sp³-hybridized carbons (Fsp3) is 0.304. The molecule has 0 amide bonds. The Balaban J connectivity index is 1.68. The van der Waals surface area contributed by atoms with Gasteiger partial charge in [0.05, 0.1) is 22.7 Å². The van der Waals surface area contributed by atoms with Crippen LogP contribution >= 0.6 is 0 Å². The third-order valence-electron chi connectivity index (χ3n) is 4.95. The predicted octanol–water partition coefficient (Wildman–Crippen LogP) is 6.11. The van der Waals surface area contributed by atoms with Crippen molar-refractivity contribution in [1.82, 2.24) is 9.78 Å². The molecule has 0 bridgehead atoms. The summed E-state index contributed by atoms with van der Waals surface area (Å²) in [5, 5.41) is 15.1. The molecule has 0 aliphatic heterocycles. The quantitative estimate of drug-likeness (QED) is 0.184. The molecule has 1 aromatic heterocycles. The number of halogens is 3. The molecule has 34 heavy (non-hydrogen) atoms. The van der Waals surface area contributed by atoms with Crippen LogP contribution in [0.4, 0.5) is 23.7 Å². The molecule has 0 fully saturated rings. The molecule has 3 aromatic rings. The van der Waals surface area contributed by atoms with Crippen molar-refractivity contribution in [1.29, 1.82) is 0 Å². The standard InChI is InChI=1S/C23H22F3N3O5/c1-22(2,3)20(34-21(30)33-18-10-8-17(9-11-18)29(31)32)14-28-13-12-19(27-28)15-4-6-16(7-5-15)23(24,25)26/h4-13,20H,14H2,1-3H3/t20-/m0/s1. The van der Waals surface area contributed by atoms with Gasteiger partial charge in [0, 0.05) is 29.3 Å². The van der Waals surface area contributed by atoms with E-state index in [1.54, 1.807) is 12.3 Å². The van der Waals surface area contributed by atoms with Crippen LogP contribution in [-0.2, 0) is 17.5 Å². The van der Waals surface area contributed by atoms with Crippen LogP contribution in [0.25, 0.3) is 11.3 Å². The minimum atomic E-state index is -4.42. The molecule has 1 heterocycles. The van der Waals surface area contributed by atoms with Crippen molar-refractivity contribution in [2.75, 3.05) is 0 Å². The maximum Gasteiger partial charge on any atom is 0.514 e. The summed E-state index contributed by atoms with van der Waals surface area (Å²) < 4.78 is 50.5. The van der Waals surface area contributed by atoms with Gasteiger partial charge in [0.2, 0.25) is 0 Å². The van der Waals surface area contributed by atoms with Crippen LogP contribution in [0.3, 0.4) is 0 Å². The number of nitrogens with zero attached hydrogens (tertiary/aromatic N) is 3. The second-order valence-electron chi connectivity index (χ2n) is 8.57. The van der Waals surface area contributed by atoms with Crippen molar-refractivity contribution in [2.24, 2.45) is 5.41 Å². The Labute approximate surface area is 193 Å². The smallest absolute Gasteiger partial charge is 0.428 e.